The lowest BCUT2D eigenvalue weighted by Crippen LogP contribution is -2.55. The SMILES string of the molecule is CC[C@H](C(=O)NC(C)(C)C)N(Cc1ccc(Cl)cc1Cl)C(=O)CN(c1ccc(Br)cc1)S(=O)(=O)c1ccccc1. The maximum Gasteiger partial charge on any atom is 0.264 e. The molecule has 0 spiro atoms. The molecule has 7 nitrogen and oxygen atoms in total. The summed E-state index contributed by atoms with van der Waals surface area (Å²) in [6.45, 7) is 6.78. The standard InChI is InChI=1S/C29H32BrCl2N3O4S/c1-5-26(28(37)33-29(2,3)4)34(18-20-11-14-22(31)17-25(20)32)27(36)19-35(23-15-12-21(30)13-16-23)40(38,39)24-9-7-6-8-10-24/h6-17,26H,5,18-19H2,1-4H3,(H,33,37)/t26-/m1/s1. The van der Waals surface area contributed by atoms with Gasteiger partial charge in [0.05, 0.1) is 10.6 Å². The highest BCUT2D eigenvalue weighted by atomic mass is 79.9. The Kier molecular flexibility index (Phi) is 10.7. The molecular weight excluding hydrogens is 637 g/mol. The van der Waals surface area contributed by atoms with Gasteiger partial charge < -0.3 is 10.2 Å². The van der Waals surface area contributed by atoms with Crippen molar-refractivity contribution in [2.75, 3.05) is 10.8 Å². The van der Waals surface area contributed by atoms with Crippen LogP contribution in [-0.2, 0) is 26.2 Å². The Hall–Kier alpha value is -2.59. The molecule has 2 amide bonds. The summed E-state index contributed by atoms with van der Waals surface area (Å²) < 4.78 is 29.4. The third-order valence-electron chi connectivity index (χ3n) is 5.96. The summed E-state index contributed by atoms with van der Waals surface area (Å²) in [6.07, 6.45) is 0.294. The van der Waals surface area contributed by atoms with Crippen LogP contribution in [0.25, 0.3) is 0 Å². The van der Waals surface area contributed by atoms with E-state index in [0.717, 1.165) is 8.78 Å². The van der Waals surface area contributed by atoms with Crippen molar-refractivity contribution >= 4 is 66.7 Å². The van der Waals surface area contributed by atoms with E-state index < -0.39 is 34.1 Å². The first-order chi connectivity index (χ1) is 18.7. The predicted octanol–water partition coefficient (Wildman–Crippen LogP) is 6.67. The average Bonchev–Trinajstić information content (AvgIpc) is 2.88. The molecule has 0 aliphatic heterocycles. The number of rotatable bonds is 10. The molecule has 0 heterocycles. The number of sulfonamides is 1. The smallest absolute Gasteiger partial charge is 0.264 e. The number of hydrogen-bond donors (Lipinski definition) is 1. The third-order valence-corrected chi connectivity index (χ3v) is 8.87. The van der Waals surface area contributed by atoms with E-state index in [4.69, 9.17) is 23.2 Å². The summed E-state index contributed by atoms with van der Waals surface area (Å²) in [4.78, 5) is 28.9. The van der Waals surface area contributed by atoms with Gasteiger partial charge in [0, 0.05) is 26.6 Å². The van der Waals surface area contributed by atoms with Crippen molar-refractivity contribution in [3.8, 4) is 0 Å². The second kappa shape index (κ2) is 13.4. The monoisotopic (exact) mass is 667 g/mol. The number of nitrogens with zero attached hydrogens (tertiary/aromatic N) is 2. The van der Waals surface area contributed by atoms with Crippen LogP contribution in [0.1, 0.15) is 39.7 Å². The molecule has 0 aliphatic carbocycles. The molecule has 0 radical (unpaired) electrons. The van der Waals surface area contributed by atoms with E-state index in [2.05, 4.69) is 21.2 Å². The number of carbonyl (C=O) groups excluding carboxylic acids is 2. The minimum Gasteiger partial charge on any atom is -0.350 e. The molecule has 40 heavy (non-hydrogen) atoms. The zero-order chi connectivity index (χ0) is 29.7. The van der Waals surface area contributed by atoms with Gasteiger partial charge in [0.15, 0.2) is 0 Å². The zero-order valence-corrected chi connectivity index (χ0v) is 26.6. The van der Waals surface area contributed by atoms with Crippen molar-refractivity contribution in [2.24, 2.45) is 0 Å². The van der Waals surface area contributed by atoms with Crippen LogP contribution >= 0.6 is 39.1 Å². The topological polar surface area (TPSA) is 86.8 Å². The fraction of sp³-hybridized carbons (Fsp3) is 0.310. The molecule has 214 valence electrons. The van der Waals surface area contributed by atoms with Crippen LogP contribution in [-0.4, -0.2) is 43.3 Å². The van der Waals surface area contributed by atoms with E-state index in [0.29, 0.717) is 27.7 Å². The van der Waals surface area contributed by atoms with E-state index >= 15 is 0 Å². The zero-order valence-electron chi connectivity index (χ0n) is 22.7. The summed E-state index contributed by atoms with van der Waals surface area (Å²) in [5.41, 5.74) is 0.330. The van der Waals surface area contributed by atoms with Crippen LogP contribution in [0.15, 0.2) is 82.2 Å². The highest BCUT2D eigenvalue weighted by Crippen LogP contribution is 2.28. The lowest BCUT2D eigenvalue weighted by Gasteiger charge is -2.35. The van der Waals surface area contributed by atoms with Crippen molar-refractivity contribution in [2.45, 2.75) is 57.1 Å². The van der Waals surface area contributed by atoms with Gasteiger partial charge >= 0.3 is 0 Å². The quantitative estimate of drug-likeness (QED) is 0.261. The van der Waals surface area contributed by atoms with Gasteiger partial charge in [0.25, 0.3) is 10.0 Å². The van der Waals surface area contributed by atoms with E-state index in [1.54, 1.807) is 67.6 Å². The second-order valence-electron chi connectivity index (χ2n) is 10.2. The molecule has 1 N–H and O–H groups in total. The molecule has 3 aromatic rings. The first-order valence-electron chi connectivity index (χ1n) is 12.6. The Bertz CT molecular complexity index is 1450. The van der Waals surface area contributed by atoms with Gasteiger partial charge in [-0.1, -0.05) is 70.3 Å². The molecule has 0 aromatic heterocycles. The molecule has 1 atom stereocenters. The Morgan fingerprint density at radius 2 is 1.60 bits per heavy atom. The predicted molar refractivity (Wildman–Crippen MR) is 164 cm³/mol. The Morgan fingerprint density at radius 3 is 2.15 bits per heavy atom. The fourth-order valence-corrected chi connectivity index (χ4v) is 6.23. The Morgan fingerprint density at radius 1 is 0.975 bits per heavy atom. The first-order valence-corrected chi connectivity index (χ1v) is 15.6. The summed E-state index contributed by atoms with van der Waals surface area (Å²) in [7, 11) is -4.14. The van der Waals surface area contributed by atoms with Crippen LogP contribution < -0.4 is 9.62 Å². The lowest BCUT2D eigenvalue weighted by molar-refractivity contribution is -0.141. The number of amides is 2. The average molecular weight is 669 g/mol. The van der Waals surface area contributed by atoms with Gasteiger partial charge in [0.2, 0.25) is 11.8 Å². The van der Waals surface area contributed by atoms with Crippen molar-refractivity contribution in [1.29, 1.82) is 0 Å². The van der Waals surface area contributed by atoms with E-state index in [1.165, 1.54) is 17.0 Å². The van der Waals surface area contributed by atoms with Crippen molar-refractivity contribution in [1.82, 2.24) is 10.2 Å². The molecule has 0 aliphatic rings. The first kappa shape index (κ1) is 31.9. The lowest BCUT2D eigenvalue weighted by atomic mass is 10.1. The van der Waals surface area contributed by atoms with Gasteiger partial charge in [-0.15, -0.1) is 0 Å². The number of halogens is 3. The molecular formula is C29H32BrCl2N3O4S. The van der Waals surface area contributed by atoms with E-state index in [9.17, 15) is 18.0 Å². The van der Waals surface area contributed by atoms with Crippen molar-refractivity contribution in [3.63, 3.8) is 0 Å². The van der Waals surface area contributed by atoms with Crippen molar-refractivity contribution < 1.29 is 18.0 Å². The van der Waals surface area contributed by atoms with Crippen LogP contribution in [0.3, 0.4) is 0 Å². The van der Waals surface area contributed by atoms with Gasteiger partial charge in [-0.25, -0.2) is 8.42 Å². The Labute approximate surface area is 254 Å². The molecule has 0 saturated heterocycles. The Balaban J connectivity index is 2.08. The molecule has 3 rings (SSSR count). The number of anilines is 1. The molecule has 0 bridgehead atoms. The highest BCUT2D eigenvalue weighted by Gasteiger charge is 2.34. The van der Waals surface area contributed by atoms with Crippen molar-refractivity contribution in [3.05, 3.63) is 92.9 Å². The van der Waals surface area contributed by atoms with Gasteiger partial charge in [-0.3, -0.25) is 13.9 Å². The number of nitrogens with one attached hydrogen (secondary N) is 1. The minimum atomic E-state index is -4.14. The minimum absolute atomic E-state index is 0.0233. The van der Waals surface area contributed by atoms with Crippen LogP contribution in [0, 0.1) is 0 Å². The van der Waals surface area contributed by atoms with Gasteiger partial charge in [-0.05, 0) is 81.3 Å². The maximum absolute atomic E-state index is 14.1. The summed E-state index contributed by atoms with van der Waals surface area (Å²) in [5, 5.41) is 3.70. The largest absolute Gasteiger partial charge is 0.350 e. The molecule has 11 heteroatoms. The normalized spacial score (nSPS) is 12.5. The highest BCUT2D eigenvalue weighted by molar-refractivity contribution is 9.10. The van der Waals surface area contributed by atoms with Gasteiger partial charge in [0.1, 0.15) is 12.6 Å². The fourth-order valence-electron chi connectivity index (χ4n) is 4.06. The number of hydrogen-bond acceptors (Lipinski definition) is 4. The molecule has 0 saturated carbocycles. The van der Waals surface area contributed by atoms with Crippen LogP contribution in [0.5, 0.6) is 0 Å². The summed E-state index contributed by atoms with van der Waals surface area (Å²) in [5.74, 6) is -0.918. The molecule has 3 aromatic carbocycles. The van der Waals surface area contributed by atoms with E-state index in [-0.39, 0.29) is 17.3 Å². The maximum atomic E-state index is 14.1. The van der Waals surface area contributed by atoms with Gasteiger partial charge in [-0.2, -0.15) is 0 Å². The van der Waals surface area contributed by atoms with E-state index in [1.807, 2.05) is 20.8 Å². The third kappa shape index (κ3) is 8.22. The number of carbonyl (C=O) groups is 2. The number of benzene rings is 3. The summed E-state index contributed by atoms with van der Waals surface area (Å²) >= 11 is 15.9. The summed E-state index contributed by atoms with van der Waals surface area (Å²) in [6, 6.07) is 18.5. The molecule has 0 fully saturated rings. The molecule has 0 unspecified atom stereocenters. The van der Waals surface area contributed by atoms with Crippen LogP contribution in [0.2, 0.25) is 10.0 Å². The van der Waals surface area contributed by atoms with Crippen LogP contribution in [0.4, 0.5) is 5.69 Å². The second-order valence-corrected chi connectivity index (χ2v) is 13.8.